The molecule has 0 saturated heterocycles. The van der Waals surface area contributed by atoms with Gasteiger partial charge in [0.1, 0.15) is 22.8 Å². The van der Waals surface area contributed by atoms with Gasteiger partial charge in [0.25, 0.3) is 0 Å². The number of fused-ring (bicyclic) bond motifs is 3. The number of nitrogens with zero attached hydrogens (tertiary/aromatic N) is 1. The van der Waals surface area contributed by atoms with Crippen molar-refractivity contribution < 1.29 is 34.4 Å². The van der Waals surface area contributed by atoms with Gasteiger partial charge in [-0.2, -0.15) is 0 Å². The number of ketones is 3. The second kappa shape index (κ2) is 8.11. The number of Topliss-reactive ketones (excluding diaryl/α,β-unsaturated/α-hetero) is 3. The molecule has 0 amide bonds. The van der Waals surface area contributed by atoms with Crippen LogP contribution >= 0.6 is 0 Å². The number of hydrogen-bond donors (Lipinski definition) is 3. The Morgan fingerprint density at radius 1 is 1.24 bits per heavy atom. The summed E-state index contributed by atoms with van der Waals surface area (Å²) in [6.45, 7) is 3.50. The van der Waals surface area contributed by atoms with Gasteiger partial charge in [-0.15, -0.1) is 0 Å². The van der Waals surface area contributed by atoms with E-state index in [9.17, 15) is 29.7 Å². The van der Waals surface area contributed by atoms with Gasteiger partial charge in [-0.25, -0.2) is 0 Å². The third kappa shape index (κ3) is 3.23. The highest BCUT2D eigenvalue weighted by molar-refractivity contribution is 6.25. The molecule has 4 rings (SSSR count). The van der Waals surface area contributed by atoms with Crippen molar-refractivity contribution in [3.05, 3.63) is 46.2 Å². The first-order chi connectivity index (χ1) is 15.5. The number of aliphatic hydroxyl groups is 3. The maximum atomic E-state index is 13.8. The predicted molar refractivity (Wildman–Crippen MR) is 120 cm³/mol. The third-order valence-corrected chi connectivity index (χ3v) is 7.01. The van der Waals surface area contributed by atoms with Crippen LogP contribution in [0, 0.1) is 11.8 Å². The fraction of sp³-hybridized carbons (Fsp3) is 0.480. The number of carbonyl (C=O) groups is 3. The molecule has 0 aromatic heterocycles. The van der Waals surface area contributed by atoms with Crippen LogP contribution in [0.15, 0.2) is 35.1 Å². The molecule has 0 spiro atoms. The minimum Gasteiger partial charge on any atom is -0.508 e. The van der Waals surface area contributed by atoms with E-state index in [-0.39, 0.29) is 17.8 Å². The van der Waals surface area contributed by atoms with Crippen LogP contribution in [0.4, 0.5) is 0 Å². The van der Waals surface area contributed by atoms with Crippen LogP contribution in [0.2, 0.25) is 0 Å². The molecule has 1 aromatic rings. The van der Waals surface area contributed by atoms with E-state index < -0.39 is 52.2 Å². The molecule has 0 bridgehead atoms. The van der Waals surface area contributed by atoms with Gasteiger partial charge in [0.05, 0.1) is 18.2 Å². The molecule has 1 fully saturated rings. The van der Waals surface area contributed by atoms with Crippen LogP contribution in [0.3, 0.4) is 0 Å². The summed E-state index contributed by atoms with van der Waals surface area (Å²) in [6, 6.07) is 4.41. The van der Waals surface area contributed by atoms with Gasteiger partial charge >= 0.3 is 0 Å². The first kappa shape index (κ1) is 23.2. The lowest BCUT2D eigenvalue weighted by molar-refractivity contribution is -0.153. The van der Waals surface area contributed by atoms with E-state index in [0.717, 1.165) is 18.9 Å². The van der Waals surface area contributed by atoms with E-state index >= 15 is 0 Å². The van der Waals surface area contributed by atoms with E-state index in [2.05, 4.69) is 0 Å². The summed E-state index contributed by atoms with van der Waals surface area (Å²) >= 11 is 0. The Morgan fingerprint density at radius 2 is 1.94 bits per heavy atom. The summed E-state index contributed by atoms with van der Waals surface area (Å²) in [5.41, 5.74) is -1.85. The molecular weight excluding hydrogens is 426 g/mol. The highest BCUT2D eigenvalue weighted by Crippen LogP contribution is 2.52. The molecule has 3 N–H and O–H groups in total. The Hall–Kier alpha value is -2.97. The molecule has 1 aromatic carbocycles. The number of likely N-dealkylation sites (N-methyl/N-ethyl adjacent to an activating group) is 1. The fourth-order valence-electron chi connectivity index (χ4n) is 5.60. The monoisotopic (exact) mass is 455 g/mol. The predicted octanol–water partition coefficient (Wildman–Crippen LogP) is 2.15. The summed E-state index contributed by atoms with van der Waals surface area (Å²) in [7, 11) is 3.26. The lowest BCUT2D eigenvalue weighted by Crippen LogP contribution is -2.65. The lowest BCUT2D eigenvalue weighted by Gasteiger charge is -2.50. The largest absolute Gasteiger partial charge is 0.508 e. The summed E-state index contributed by atoms with van der Waals surface area (Å²) in [5, 5.41) is 33.8. The number of carbonyl (C=O) groups excluding carboxylic acids is 3. The van der Waals surface area contributed by atoms with Crippen molar-refractivity contribution in [2.75, 3.05) is 20.7 Å². The Balaban J connectivity index is 1.93. The lowest BCUT2D eigenvalue weighted by atomic mass is 9.57. The van der Waals surface area contributed by atoms with Gasteiger partial charge in [0.15, 0.2) is 17.2 Å². The Morgan fingerprint density at radius 3 is 2.55 bits per heavy atom. The average molecular weight is 456 g/mol. The molecule has 33 heavy (non-hydrogen) atoms. The maximum Gasteiger partial charge on any atom is 0.202 e. The SMILES string of the molecule is CCCOc1cccc2c1C(O)=C1C(=O)[C@]3(O)C(O)=C(C(C)=O)C(=O)[C@@H](N(C)C)[C@@H]3C[C@@H]1C2. The molecule has 0 radical (unpaired) electrons. The van der Waals surface area contributed by atoms with Gasteiger partial charge in [-0.3, -0.25) is 19.3 Å². The molecule has 3 aliphatic carbocycles. The van der Waals surface area contributed by atoms with Crippen LogP contribution in [0.1, 0.15) is 37.8 Å². The summed E-state index contributed by atoms with van der Waals surface area (Å²) < 4.78 is 5.78. The minimum atomic E-state index is -2.49. The standard InChI is InChI=1S/C25H29NO7/c1-5-9-33-16-8-6-7-13-10-14-11-15-20(26(3)4)22(29)17(12(2)27)23(30)25(15,32)24(31)19(14)21(28)18(13)16/h6-8,14-15,20,28,30,32H,5,9-11H2,1-4H3/t14-,15-,20-,25+/m0/s1. The molecule has 0 heterocycles. The zero-order valence-corrected chi connectivity index (χ0v) is 19.2. The van der Waals surface area contributed by atoms with Crippen LogP contribution in [-0.2, 0) is 20.8 Å². The van der Waals surface area contributed by atoms with E-state index in [1.165, 1.54) is 0 Å². The molecule has 1 saturated carbocycles. The molecule has 3 aliphatic rings. The summed E-state index contributed by atoms with van der Waals surface area (Å²) in [4.78, 5) is 40.6. The van der Waals surface area contributed by atoms with Crippen LogP contribution in [-0.4, -0.2) is 69.9 Å². The van der Waals surface area contributed by atoms with E-state index in [1.54, 1.807) is 25.1 Å². The van der Waals surface area contributed by atoms with Crippen LogP contribution in [0.25, 0.3) is 5.76 Å². The second-order valence-corrected chi connectivity index (χ2v) is 9.29. The van der Waals surface area contributed by atoms with Gasteiger partial charge in [0.2, 0.25) is 5.78 Å². The molecular formula is C25H29NO7. The zero-order chi connectivity index (χ0) is 24.2. The minimum absolute atomic E-state index is 0.00453. The van der Waals surface area contributed by atoms with Crippen molar-refractivity contribution in [2.45, 2.75) is 44.8 Å². The van der Waals surface area contributed by atoms with Crippen LogP contribution < -0.4 is 4.74 Å². The number of benzene rings is 1. The van der Waals surface area contributed by atoms with Gasteiger partial charge in [0, 0.05) is 11.5 Å². The van der Waals surface area contributed by atoms with Crippen molar-refractivity contribution in [2.24, 2.45) is 11.8 Å². The molecule has 176 valence electrons. The second-order valence-electron chi connectivity index (χ2n) is 9.29. The molecule has 0 unspecified atom stereocenters. The fourth-order valence-corrected chi connectivity index (χ4v) is 5.60. The van der Waals surface area contributed by atoms with Gasteiger partial charge in [-0.1, -0.05) is 19.1 Å². The Labute approximate surface area is 192 Å². The smallest absolute Gasteiger partial charge is 0.202 e. The molecule has 8 nitrogen and oxygen atoms in total. The number of aliphatic hydroxyl groups excluding tert-OH is 2. The molecule has 0 aliphatic heterocycles. The quantitative estimate of drug-likeness (QED) is 0.577. The van der Waals surface area contributed by atoms with E-state index in [0.29, 0.717) is 24.3 Å². The van der Waals surface area contributed by atoms with Crippen molar-refractivity contribution in [1.82, 2.24) is 4.90 Å². The van der Waals surface area contributed by atoms with Gasteiger partial charge < -0.3 is 20.1 Å². The molecule has 8 heteroatoms. The summed E-state index contributed by atoms with van der Waals surface area (Å²) in [6.07, 6.45) is 1.34. The third-order valence-electron chi connectivity index (χ3n) is 7.01. The van der Waals surface area contributed by atoms with E-state index in [4.69, 9.17) is 4.74 Å². The van der Waals surface area contributed by atoms with Crippen molar-refractivity contribution in [3.8, 4) is 5.75 Å². The topological polar surface area (TPSA) is 124 Å². The first-order valence-corrected chi connectivity index (χ1v) is 11.2. The van der Waals surface area contributed by atoms with E-state index in [1.807, 2.05) is 19.1 Å². The normalized spacial score (nSPS) is 29.1. The average Bonchev–Trinajstić information content (AvgIpc) is 2.74. The highest BCUT2D eigenvalue weighted by atomic mass is 16.5. The molecule has 4 atom stereocenters. The van der Waals surface area contributed by atoms with Crippen molar-refractivity contribution >= 4 is 23.1 Å². The van der Waals surface area contributed by atoms with Crippen molar-refractivity contribution in [3.63, 3.8) is 0 Å². The zero-order valence-electron chi connectivity index (χ0n) is 19.2. The number of hydrogen-bond acceptors (Lipinski definition) is 8. The van der Waals surface area contributed by atoms with Crippen molar-refractivity contribution in [1.29, 1.82) is 0 Å². The van der Waals surface area contributed by atoms with Crippen LogP contribution in [0.5, 0.6) is 5.75 Å². The van der Waals surface area contributed by atoms with Gasteiger partial charge in [-0.05, 0) is 57.8 Å². The highest BCUT2D eigenvalue weighted by Gasteiger charge is 2.63. The maximum absolute atomic E-state index is 13.8. The Bertz CT molecular complexity index is 1120. The number of ether oxygens (including phenoxy) is 1. The number of rotatable bonds is 5. The Kier molecular flexibility index (Phi) is 5.70. The summed E-state index contributed by atoms with van der Waals surface area (Å²) in [5.74, 6) is -4.43. The first-order valence-electron chi connectivity index (χ1n) is 11.2.